The van der Waals surface area contributed by atoms with Gasteiger partial charge < -0.3 is 0 Å². The first-order chi connectivity index (χ1) is 12.0. The van der Waals surface area contributed by atoms with E-state index >= 15 is 0 Å². The Kier molecular flexibility index (Phi) is 2220. The Balaban J connectivity index is -0.00000000740. The molecule has 0 aromatic rings. The maximum atomic E-state index is 8.59. The summed E-state index contributed by atoms with van der Waals surface area (Å²) in [6, 6.07) is 0. The molecular weight excluding hydrogens is 442 g/mol. The van der Waals surface area contributed by atoms with Gasteiger partial charge in [0.25, 0.3) is 67.9 Å². The molecule has 0 spiro atoms. The molecule has 20 radical (unpaired) electrons. The number of rotatable bonds is 0. The van der Waals surface area contributed by atoms with Crippen molar-refractivity contribution in [1.82, 2.24) is 0 Å². The van der Waals surface area contributed by atoms with Crippen molar-refractivity contribution in [3.8, 4) is 0 Å². The van der Waals surface area contributed by atoms with Crippen LogP contribution in [0.15, 0.2) is 0 Å². The zero-order valence-electron chi connectivity index (χ0n) is 13.1. The van der Waals surface area contributed by atoms with Crippen LogP contribution in [-0.2, 0) is 69.2 Å². The first-order valence-electron chi connectivity index (χ1n) is 2.71. The van der Waals surface area contributed by atoms with E-state index < -0.39 is 13.6 Å². The van der Waals surface area contributed by atoms with Crippen LogP contribution in [0.4, 0.5) is 0 Å². The monoisotopic (exact) mass is 442 g/mol. The van der Waals surface area contributed by atoms with Gasteiger partial charge in [0.05, 0.1) is 0 Å². The predicted octanol–water partition coefficient (Wildman–Crippen LogP) is -12.6. The third-order valence-electron chi connectivity index (χ3n) is 0. The molecule has 0 unspecified atom stereocenters. The summed E-state index contributed by atoms with van der Waals surface area (Å²) in [4.78, 5) is 75.0. The van der Waals surface area contributed by atoms with Crippen LogP contribution in [0.1, 0.15) is 0 Å². The Morgan fingerprint density at radius 2 is 0.333 bits per heavy atom. The Labute approximate surface area is 203 Å². The molecule has 0 N–H and O–H groups in total. The standard InChI is InChI=1S/10CO.Cr.2Na.4O/c10*1-2;;;;;;;/q;;;;;;;;;;;2*+1;;;2*-1. The fraction of sp³-hybridized carbons (Fsp3) is 0. The van der Waals surface area contributed by atoms with Gasteiger partial charge in [0, 0.05) is 0 Å². The maximum absolute atomic E-state index is 8.59. The van der Waals surface area contributed by atoms with Gasteiger partial charge in [0.2, 0.25) is 0 Å². The van der Waals surface area contributed by atoms with Crippen molar-refractivity contribution < 1.29 is 137 Å². The van der Waals surface area contributed by atoms with Gasteiger partial charge in [0.15, 0.2) is 0 Å². The molecular formula is C10CrNa2O14. The molecule has 0 fully saturated rings. The van der Waals surface area contributed by atoms with Gasteiger partial charge in [-0.05, 0) is 0 Å². The summed E-state index contributed by atoms with van der Waals surface area (Å²) in [5.41, 5.74) is 0. The first kappa shape index (κ1) is 97.0. The molecule has 0 heterocycles. The second kappa shape index (κ2) is 618. The van der Waals surface area contributed by atoms with Crippen molar-refractivity contribution in [2.75, 3.05) is 0 Å². The summed E-state index contributed by atoms with van der Waals surface area (Å²) >= 11 is -5.75. The number of hydrogen-bond acceptors (Lipinski definition) is 14. The van der Waals surface area contributed by atoms with Crippen LogP contribution in [0.25, 0.3) is 0 Å². The van der Waals surface area contributed by atoms with E-state index in [1.807, 2.05) is 0 Å². The van der Waals surface area contributed by atoms with Crippen molar-refractivity contribution in [2.45, 2.75) is 0 Å². The fourth-order valence-corrected chi connectivity index (χ4v) is 0. The zero-order valence-corrected chi connectivity index (χ0v) is 18.4. The van der Waals surface area contributed by atoms with Crippen molar-refractivity contribution in [2.24, 2.45) is 0 Å². The first-order valence-corrected chi connectivity index (χ1v) is 4.79. The van der Waals surface area contributed by atoms with Crippen LogP contribution in [0, 0.1) is 0 Å². The topological polar surface area (TPSA) is 251 Å². The Morgan fingerprint density at radius 1 is 0.333 bits per heavy atom. The average Bonchev–Trinajstić information content (AvgIpc) is 2.75. The van der Waals surface area contributed by atoms with Gasteiger partial charge >= 0.3 is 88.7 Å². The van der Waals surface area contributed by atoms with E-state index in [1.165, 1.54) is 0 Å². The summed E-state index contributed by atoms with van der Waals surface area (Å²) < 4.78 is 34.4. The second-order valence-corrected chi connectivity index (χ2v) is 1.68. The third kappa shape index (κ3) is 8230. The average molecular weight is 442 g/mol. The van der Waals surface area contributed by atoms with Crippen LogP contribution in [0.5, 0.6) is 0 Å². The van der Waals surface area contributed by atoms with E-state index in [-0.39, 0.29) is 59.1 Å². The Morgan fingerprint density at radius 3 is 0.333 bits per heavy atom. The van der Waals surface area contributed by atoms with E-state index in [4.69, 9.17) is 63.9 Å². The van der Waals surface area contributed by atoms with E-state index in [0.29, 0.717) is 0 Å². The molecule has 14 nitrogen and oxygen atoms in total. The SMILES string of the molecule is [C]=O.[C]=O.[C]=O.[C]=O.[C]=O.[C]=O.[C]=O.[C]=O.[C]=O.[C]=O.[Na+].[Na+].[O]=[Cr](=[O])([O-])[O-]. The summed E-state index contributed by atoms with van der Waals surface area (Å²) in [5.74, 6) is 0. The molecule has 132 valence electrons. The molecule has 0 aliphatic heterocycles. The van der Waals surface area contributed by atoms with Gasteiger partial charge in [-0.1, -0.05) is 0 Å². The minimum atomic E-state index is -5.75. The molecule has 0 rings (SSSR count). The molecule has 17 heteroatoms. The quantitative estimate of drug-likeness (QED) is 0.316. The van der Waals surface area contributed by atoms with E-state index in [0.717, 1.165) is 0 Å². The Hall–Kier alpha value is -1.25. The number of hydrogen-bond donors (Lipinski definition) is 0. The van der Waals surface area contributed by atoms with E-state index in [9.17, 15) is 0 Å². The fourth-order valence-electron chi connectivity index (χ4n) is 0. The van der Waals surface area contributed by atoms with Crippen LogP contribution in [0.2, 0.25) is 0 Å². The Bertz CT molecular complexity index is 205. The van der Waals surface area contributed by atoms with Gasteiger partial charge in [-0.15, -0.1) is 0 Å². The molecule has 0 atom stereocenters. The summed E-state index contributed by atoms with van der Waals surface area (Å²) in [6.45, 7) is 45.0. The van der Waals surface area contributed by atoms with E-state index in [2.05, 4.69) is 67.9 Å². The van der Waals surface area contributed by atoms with Gasteiger partial charge in [-0.3, -0.25) is 47.9 Å². The van der Waals surface area contributed by atoms with Gasteiger partial charge in [-0.2, -0.15) is 0 Å². The second-order valence-electron chi connectivity index (χ2n) is 0.408. The molecule has 0 aliphatic rings. The molecule has 0 aliphatic carbocycles. The number of carbonyl (C=O) groups excluding carboxylic acids is 10. The normalized spacial score (nSPS) is 3.63. The molecule has 0 saturated heterocycles. The molecule has 27 heavy (non-hydrogen) atoms. The minimum absolute atomic E-state index is 0. The van der Waals surface area contributed by atoms with Crippen LogP contribution in [0.3, 0.4) is 0 Å². The van der Waals surface area contributed by atoms with Crippen molar-refractivity contribution in [1.29, 1.82) is 0 Å². The molecule has 0 amide bonds. The van der Waals surface area contributed by atoms with Crippen LogP contribution >= 0.6 is 0 Å². The van der Waals surface area contributed by atoms with Crippen molar-refractivity contribution >= 4 is 67.9 Å². The molecule has 0 saturated carbocycles. The molecule has 0 bridgehead atoms. The summed E-state index contributed by atoms with van der Waals surface area (Å²) in [5, 5.41) is 0. The molecule has 0 aromatic heterocycles. The van der Waals surface area contributed by atoms with Crippen LogP contribution < -0.4 is 67.4 Å². The summed E-state index contributed by atoms with van der Waals surface area (Å²) in [7, 11) is 0. The van der Waals surface area contributed by atoms with Crippen molar-refractivity contribution in [3.63, 3.8) is 0 Å². The van der Waals surface area contributed by atoms with Crippen LogP contribution in [-0.4, -0.2) is 67.9 Å². The zero-order chi connectivity index (χ0) is 24.5. The van der Waals surface area contributed by atoms with Gasteiger partial charge in [-0.25, -0.2) is 0 Å². The van der Waals surface area contributed by atoms with Crippen molar-refractivity contribution in [3.05, 3.63) is 0 Å². The summed E-state index contributed by atoms with van der Waals surface area (Å²) in [6.07, 6.45) is 0. The third-order valence-corrected chi connectivity index (χ3v) is 0. The van der Waals surface area contributed by atoms with E-state index in [1.54, 1.807) is 0 Å². The molecule has 0 aromatic carbocycles. The van der Waals surface area contributed by atoms with Gasteiger partial charge in [0.1, 0.15) is 0 Å². The predicted molar refractivity (Wildman–Crippen MR) is 58.3 cm³/mol.